The average Bonchev–Trinajstić information content (AvgIpc) is 2.59. The molecule has 0 bridgehead atoms. The van der Waals surface area contributed by atoms with Crippen LogP contribution in [0.4, 0.5) is 0 Å². The molecule has 0 spiro atoms. The van der Waals surface area contributed by atoms with E-state index in [1.54, 1.807) is 6.07 Å². The largest absolute Gasteiger partial charge is 0.431 e. The van der Waals surface area contributed by atoms with Crippen molar-refractivity contribution in [2.75, 3.05) is 5.88 Å². The highest BCUT2D eigenvalue weighted by atomic mass is 35.5. The summed E-state index contributed by atoms with van der Waals surface area (Å²) in [6.45, 7) is 0. The highest BCUT2D eigenvalue weighted by Crippen LogP contribution is 2.23. The minimum atomic E-state index is -0.168. The van der Waals surface area contributed by atoms with E-state index in [0.717, 1.165) is 17.3 Å². The van der Waals surface area contributed by atoms with E-state index in [2.05, 4.69) is 4.98 Å². The molecule has 0 atom stereocenters. The number of carbonyl (C=O) groups excluding carboxylic acids is 1. The van der Waals surface area contributed by atoms with Gasteiger partial charge in [-0.3, -0.25) is 4.79 Å². The first-order valence-electron chi connectivity index (χ1n) is 3.92. The summed E-state index contributed by atoms with van der Waals surface area (Å²) in [6, 6.07) is 7.35. The molecule has 0 fully saturated rings. The number of para-hydroxylation sites is 2. The van der Waals surface area contributed by atoms with Crippen molar-refractivity contribution < 1.29 is 9.21 Å². The molecule has 0 amide bonds. The first-order valence-corrected chi connectivity index (χ1v) is 5.27. The number of rotatable bonds is 2. The molecule has 1 heterocycles. The molecule has 0 N–H and O–H groups in total. The van der Waals surface area contributed by atoms with Crippen LogP contribution in [0.5, 0.6) is 0 Å². The minimum Gasteiger partial charge on any atom is -0.431 e. The number of carbonyl (C=O) groups is 1. The van der Waals surface area contributed by atoms with Crippen LogP contribution in [-0.2, 0) is 4.79 Å². The molecule has 0 aliphatic carbocycles. The van der Waals surface area contributed by atoms with Gasteiger partial charge < -0.3 is 4.42 Å². The van der Waals surface area contributed by atoms with Crippen molar-refractivity contribution in [3.8, 4) is 0 Å². The van der Waals surface area contributed by atoms with Gasteiger partial charge in [-0.25, -0.2) is 4.98 Å². The van der Waals surface area contributed by atoms with E-state index in [1.165, 1.54) is 0 Å². The van der Waals surface area contributed by atoms with Crippen LogP contribution in [0, 0.1) is 0 Å². The van der Waals surface area contributed by atoms with Gasteiger partial charge in [-0.05, 0) is 12.1 Å². The number of nitrogens with zero attached hydrogens (tertiary/aromatic N) is 1. The second-order valence-corrected chi connectivity index (χ2v) is 3.83. The van der Waals surface area contributed by atoms with Crippen molar-refractivity contribution in [3.63, 3.8) is 0 Å². The maximum atomic E-state index is 11.0. The van der Waals surface area contributed by atoms with Crippen LogP contribution in [0.15, 0.2) is 33.9 Å². The summed E-state index contributed by atoms with van der Waals surface area (Å²) < 4.78 is 5.31. The smallest absolute Gasteiger partial charge is 0.264 e. The molecule has 0 radical (unpaired) electrons. The first kappa shape index (κ1) is 9.55. The number of thioether (sulfide) groups is 1. The van der Waals surface area contributed by atoms with Crippen LogP contribution in [0.1, 0.15) is 0 Å². The standard InChI is InChI=1S/C9H6ClNO2S/c10-5-8(12)14-9-11-6-3-1-2-4-7(6)13-9/h1-4H,5H2. The summed E-state index contributed by atoms with van der Waals surface area (Å²) in [7, 11) is 0. The highest BCUT2D eigenvalue weighted by Gasteiger charge is 2.09. The van der Waals surface area contributed by atoms with Crippen LogP contribution in [-0.4, -0.2) is 16.0 Å². The van der Waals surface area contributed by atoms with Gasteiger partial charge in [0.25, 0.3) is 5.22 Å². The zero-order valence-corrected chi connectivity index (χ0v) is 8.64. The molecule has 0 aliphatic heterocycles. The summed E-state index contributed by atoms with van der Waals surface area (Å²) in [4.78, 5) is 15.1. The highest BCUT2D eigenvalue weighted by molar-refractivity contribution is 8.13. The number of aromatic nitrogens is 1. The minimum absolute atomic E-state index is 0.0383. The summed E-state index contributed by atoms with van der Waals surface area (Å²) in [5, 5.41) is 0.176. The van der Waals surface area contributed by atoms with Gasteiger partial charge >= 0.3 is 0 Å². The molecular weight excluding hydrogens is 222 g/mol. The van der Waals surface area contributed by atoms with Gasteiger partial charge in [-0.2, -0.15) is 0 Å². The fraction of sp³-hybridized carbons (Fsp3) is 0.111. The predicted molar refractivity (Wildman–Crippen MR) is 55.6 cm³/mol. The van der Waals surface area contributed by atoms with Crippen LogP contribution >= 0.6 is 23.4 Å². The Kier molecular flexibility index (Phi) is 2.74. The Labute approximate surface area is 89.4 Å². The Morgan fingerprint density at radius 3 is 3.00 bits per heavy atom. The SMILES string of the molecule is O=C(CCl)Sc1nc2ccccc2o1. The van der Waals surface area contributed by atoms with Crippen molar-refractivity contribution in [1.29, 1.82) is 0 Å². The molecule has 72 valence electrons. The maximum absolute atomic E-state index is 11.0. The Hall–Kier alpha value is -1.00. The van der Waals surface area contributed by atoms with E-state index in [0.29, 0.717) is 10.8 Å². The van der Waals surface area contributed by atoms with Gasteiger partial charge in [0.05, 0.1) is 5.88 Å². The normalized spacial score (nSPS) is 10.6. The topological polar surface area (TPSA) is 43.1 Å². The fourth-order valence-corrected chi connectivity index (χ4v) is 1.71. The summed E-state index contributed by atoms with van der Waals surface area (Å²) >= 11 is 6.28. The fourth-order valence-electron chi connectivity index (χ4n) is 1.02. The lowest BCUT2D eigenvalue weighted by Crippen LogP contribution is -1.90. The van der Waals surface area contributed by atoms with Gasteiger partial charge in [-0.1, -0.05) is 12.1 Å². The maximum Gasteiger partial charge on any atom is 0.264 e. The molecule has 1 aromatic heterocycles. The van der Waals surface area contributed by atoms with Crippen LogP contribution < -0.4 is 0 Å². The number of benzene rings is 1. The molecular formula is C9H6ClNO2S. The third kappa shape index (κ3) is 1.91. The van der Waals surface area contributed by atoms with Crippen molar-refractivity contribution in [3.05, 3.63) is 24.3 Å². The molecule has 0 saturated carbocycles. The number of hydrogen-bond donors (Lipinski definition) is 0. The number of halogens is 1. The molecule has 0 aliphatic rings. The number of alkyl halides is 1. The molecule has 14 heavy (non-hydrogen) atoms. The quantitative estimate of drug-likeness (QED) is 0.585. The van der Waals surface area contributed by atoms with E-state index in [1.807, 2.05) is 18.2 Å². The summed E-state index contributed by atoms with van der Waals surface area (Å²) in [5.41, 5.74) is 1.43. The Morgan fingerprint density at radius 1 is 1.50 bits per heavy atom. The third-order valence-corrected chi connectivity index (χ3v) is 2.71. The van der Waals surface area contributed by atoms with Crippen molar-refractivity contribution in [2.45, 2.75) is 5.22 Å². The van der Waals surface area contributed by atoms with Gasteiger partial charge in [0, 0.05) is 11.8 Å². The molecule has 2 aromatic rings. The molecule has 5 heteroatoms. The van der Waals surface area contributed by atoms with Crippen LogP contribution in [0.3, 0.4) is 0 Å². The Bertz CT molecular complexity index is 436. The second-order valence-electron chi connectivity index (χ2n) is 2.56. The van der Waals surface area contributed by atoms with Crippen molar-refractivity contribution in [1.82, 2.24) is 4.98 Å². The molecule has 0 unspecified atom stereocenters. The van der Waals surface area contributed by atoms with Crippen molar-refractivity contribution in [2.24, 2.45) is 0 Å². The Balaban J connectivity index is 2.31. The van der Waals surface area contributed by atoms with Gasteiger partial charge in [0.2, 0.25) is 5.12 Å². The van der Waals surface area contributed by atoms with Gasteiger partial charge in [-0.15, -0.1) is 11.6 Å². The van der Waals surface area contributed by atoms with E-state index < -0.39 is 0 Å². The zero-order chi connectivity index (χ0) is 9.97. The predicted octanol–water partition coefficient (Wildman–Crippen LogP) is 2.69. The average molecular weight is 228 g/mol. The monoisotopic (exact) mass is 227 g/mol. The first-order chi connectivity index (χ1) is 6.79. The van der Waals surface area contributed by atoms with E-state index >= 15 is 0 Å². The van der Waals surface area contributed by atoms with E-state index in [4.69, 9.17) is 16.0 Å². The molecule has 3 nitrogen and oxygen atoms in total. The lowest BCUT2D eigenvalue weighted by molar-refractivity contribution is -0.108. The zero-order valence-electron chi connectivity index (χ0n) is 7.07. The van der Waals surface area contributed by atoms with E-state index in [9.17, 15) is 4.79 Å². The summed E-state index contributed by atoms with van der Waals surface area (Å²) in [5.74, 6) is -0.0383. The van der Waals surface area contributed by atoms with Gasteiger partial charge in [0.15, 0.2) is 5.58 Å². The number of hydrogen-bond acceptors (Lipinski definition) is 4. The Morgan fingerprint density at radius 2 is 2.29 bits per heavy atom. The molecule has 0 saturated heterocycles. The summed E-state index contributed by atoms with van der Waals surface area (Å²) in [6.07, 6.45) is 0. The molecule has 2 rings (SSSR count). The van der Waals surface area contributed by atoms with Crippen LogP contribution in [0.25, 0.3) is 11.1 Å². The number of oxazole rings is 1. The lowest BCUT2D eigenvalue weighted by atomic mass is 10.3. The van der Waals surface area contributed by atoms with Crippen LogP contribution in [0.2, 0.25) is 0 Å². The van der Waals surface area contributed by atoms with E-state index in [-0.39, 0.29) is 11.0 Å². The van der Waals surface area contributed by atoms with Crippen molar-refractivity contribution >= 4 is 39.6 Å². The third-order valence-electron chi connectivity index (χ3n) is 1.58. The molecule has 1 aromatic carbocycles. The second kappa shape index (κ2) is 4.02. The lowest BCUT2D eigenvalue weighted by Gasteiger charge is -1.87. The number of fused-ring (bicyclic) bond motifs is 1. The van der Waals surface area contributed by atoms with Gasteiger partial charge in [0.1, 0.15) is 5.52 Å².